The summed E-state index contributed by atoms with van der Waals surface area (Å²) >= 11 is 1.75. The zero-order valence-electron chi connectivity index (χ0n) is 16.2. The molecule has 1 unspecified atom stereocenters. The molecule has 1 amide bonds. The summed E-state index contributed by atoms with van der Waals surface area (Å²) in [6.07, 6.45) is 9.92. The van der Waals surface area contributed by atoms with Crippen LogP contribution in [0.3, 0.4) is 0 Å². The van der Waals surface area contributed by atoms with Crippen LogP contribution in [-0.2, 0) is 19.1 Å². The molecule has 0 aromatic carbocycles. The zero-order valence-corrected chi connectivity index (χ0v) is 17.0. The predicted molar refractivity (Wildman–Crippen MR) is 106 cm³/mol. The molecular weight excluding hydrogens is 350 g/mol. The lowest BCUT2D eigenvalue weighted by atomic mass is 10.1. The Labute approximate surface area is 161 Å². The lowest BCUT2D eigenvalue weighted by Crippen LogP contribution is -2.33. The van der Waals surface area contributed by atoms with Gasteiger partial charge in [-0.3, -0.25) is 14.4 Å². The summed E-state index contributed by atoms with van der Waals surface area (Å²) in [5.74, 6) is 1.92. The second kappa shape index (κ2) is 13.8. The topological polar surface area (TPSA) is 63.7 Å². The summed E-state index contributed by atoms with van der Waals surface area (Å²) in [5, 5.41) is 0. The molecule has 0 N–H and O–H groups in total. The van der Waals surface area contributed by atoms with Gasteiger partial charge >= 0.3 is 5.97 Å². The van der Waals surface area contributed by atoms with Crippen molar-refractivity contribution in [1.82, 2.24) is 4.90 Å². The summed E-state index contributed by atoms with van der Waals surface area (Å²) in [7, 11) is 0. The Morgan fingerprint density at radius 1 is 1.19 bits per heavy atom. The van der Waals surface area contributed by atoms with E-state index in [1.54, 1.807) is 17.8 Å². The first kappa shape index (κ1) is 22.7. The number of thioether (sulfide) groups is 1. The van der Waals surface area contributed by atoms with E-state index in [0.717, 1.165) is 43.6 Å². The van der Waals surface area contributed by atoms with Crippen molar-refractivity contribution in [1.29, 1.82) is 0 Å². The molecule has 0 aliphatic carbocycles. The molecule has 0 radical (unpaired) electrons. The molecule has 0 aromatic heterocycles. The number of esters is 1. The highest BCUT2D eigenvalue weighted by atomic mass is 32.2. The van der Waals surface area contributed by atoms with Crippen LogP contribution >= 0.6 is 11.8 Å². The number of allylic oxidation sites excluding steroid dienone is 1. The van der Waals surface area contributed by atoms with E-state index < -0.39 is 0 Å². The third kappa shape index (κ3) is 9.41. The number of ketones is 1. The minimum atomic E-state index is -0.142. The standard InChI is InChI=1S/C20H33NO4S/c1-3-5-6-8-18(22)12-10-17-11-13-19(23)21(17)14-16-26-15-7-9-20(24)25-4-2/h10,12,17H,3-9,11,13-16H2,1-2H3/b12-10+. The van der Waals surface area contributed by atoms with Gasteiger partial charge < -0.3 is 9.64 Å². The molecule has 0 aromatic rings. The minimum absolute atomic E-state index is 0.0535. The maximum Gasteiger partial charge on any atom is 0.305 e. The summed E-state index contributed by atoms with van der Waals surface area (Å²) in [6.45, 7) is 5.06. The molecular formula is C20H33NO4S. The van der Waals surface area contributed by atoms with Gasteiger partial charge in [0.2, 0.25) is 5.91 Å². The SMILES string of the molecule is CCCCCC(=O)/C=C/C1CCC(=O)N1CCSCCCC(=O)OCC. The van der Waals surface area contributed by atoms with E-state index in [0.29, 0.717) is 32.4 Å². The highest BCUT2D eigenvalue weighted by Gasteiger charge is 2.28. The van der Waals surface area contributed by atoms with Gasteiger partial charge in [0.15, 0.2) is 5.78 Å². The van der Waals surface area contributed by atoms with Crippen LogP contribution in [0.15, 0.2) is 12.2 Å². The summed E-state index contributed by atoms with van der Waals surface area (Å²) in [6, 6.07) is 0.0535. The molecule has 1 rings (SSSR count). The fourth-order valence-electron chi connectivity index (χ4n) is 2.91. The van der Waals surface area contributed by atoms with E-state index in [2.05, 4.69) is 6.92 Å². The molecule has 0 spiro atoms. The van der Waals surface area contributed by atoms with E-state index in [9.17, 15) is 14.4 Å². The Bertz CT molecular complexity index is 478. The molecule has 1 atom stereocenters. The number of carbonyl (C=O) groups is 3. The quantitative estimate of drug-likeness (QED) is 0.260. The number of hydrogen-bond donors (Lipinski definition) is 0. The first-order chi connectivity index (χ1) is 12.6. The van der Waals surface area contributed by atoms with Gasteiger partial charge in [0.05, 0.1) is 12.6 Å². The van der Waals surface area contributed by atoms with Crippen molar-refractivity contribution >= 4 is 29.4 Å². The summed E-state index contributed by atoms with van der Waals surface area (Å²) < 4.78 is 4.90. The van der Waals surface area contributed by atoms with Crippen LogP contribution < -0.4 is 0 Å². The highest BCUT2D eigenvalue weighted by Crippen LogP contribution is 2.21. The van der Waals surface area contributed by atoms with E-state index in [-0.39, 0.29) is 23.7 Å². The highest BCUT2D eigenvalue weighted by molar-refractivity contribution is 7.99. The van der Waals surface area contributed by atoms with Crippen LogP contribution in [0.5, 0.6) is 0 Å². The van der Waals surface area contributed by atoms with Crippen molar-refractivity contribution in [2.75, 3.05) is 24.7 Å². The molecule has 5 nitrogen and oxygen atoms in total. The van der Waals surface area contributed by atoms with Crippen LogP contribution in [0, 0.1) is 0 Å². The normalized spacial score (nSPS) is 17.2. The first-order valence-corrected chi connectivity index (χ1v) is 11.0. The van der Waals surface area contributed by atoms with Gasteiger partial charge in [-0.2, -0.15) is 11.8 Å². The average Bonchev–Trinajstić information content (AvgIpc) is 2.96. The molecule has 1 fully saturated rings. The molecule has 1 aliphatic rings. The Morgan fingerprint density at radius 3 is 2.73 bits per heavy atom. The zero-order chi connectivity index (χ0) is 19.2. The Morgan fingerprint density at radius 2 is 2.00 bits per heavy atom. The van der Waals surface area contributed by atoms with Crippen molar-refractivity contribution in [3.63, 3.8) is 0 Å². The van der Waals surface area contributed by atoms with Gasteiger partial charge in [0, 0.05) is 31.6 Å². The number of unbranched alkanes of at least 4 members (excludes halogenated alkanes) is 2. The van der Waals surface area contributed by atoms with E-state index in [1.165, 1.54) is 0 Å². The number of nitrogens with zero attached hydrogens (tertiary/aromatic N) is 1. The van der Waals surface area contributed by atoms with Crippen molar-refractivity contribution in [2.45, 2.75) is 71.3 Å². The fraction of sp³-hybridized carbons (Fsp3) is 0.750. The molecule has 0 saturated carbocycles. The monoisotopic (exact) mass is 383 g/mol. The number of carbonyl (C=O) groups excluding carboxylic acids is 3. The maximum absolute atomic E-state index is 12.1. The fourth-order valence-corrected chi connectivity index (χ4v) is 3.79. The van der Waals surface area contributed by atoms with Gasteiger partial charge in [-0.15, -0.1) is 0 Å². The smallest absolute Gasteiger partial charge is 0.305 e. The molecule has 1 saturated heterocycles. The lowest BCUT2D eigenvalue weighted by Gasteiger charge is -2.22. The van der Waals surface area contributed by atoms with Crippen molar-refractivity contribution < 1.29 is 19.1 Å². The molecule has 1 heterocycles. The number of amides is 1. The van der Waals surface area contributed by atoms with Gasteiger partial charge in [-0.05, 0) is 38.0 Å². The van der Waals surface area contributed by atoms with Gasteiger partial charge in [-0.25, -0.2) is 0 Å². The van der Waals surface area contributed by atoms with Gasteiger partial charge in [0.25, 0.3) is 0 Å². The molecule has 1 aliphatic heterocycles. The molecule has 0 bridgehead atoms. The second-order valence-corrected chi connectivity index (χ2v) is 7.72. The predicted octanol–water partition coefficient (Wildman–Crippen LogP) is 3.76. The van der Waals surface area contributed by atoms with E-state index in [4.69, 9.17) is 4.74 Å². The number of likely N-dealkylation sites (tertiary alicyclic amines) is 1. The first-order valence-electron chi connectivity index (χ1n) is 9.82. The molecule has 26 heavy (non-hydrogen) atoms. The van der Waals surface area contributed by atoms with Crippen molar-refractivity contribution in [2.24, 2.45) is 0 Å². The lowest BCUT2D eigenvalue weighted by molar-refractivity contribution is -0.143. The number of ether oxygens (including phenoxy) is 1. The van der Waals surface area contributed by atoms with Crippen LogP contribution in [0.25, 0.3) is 0 Å². The van der Waals surface area contributed by atoms with E-state index >= 15 is 0 Å². The maximum atomic E-state index is 12.1. The second-order valence-electron chi connectivity index (χ2n) is 6.50. The van der Waals surface area contributed by atoms with Gasteiger partial charge in [-0.1, -0.05) is 25.8 Å². The van der Waals surface area contributed by atoms with Crippen LogP contribution in [0.2, 0.25) is 0 Å². The number of rotatable bonds is 14. The Kier molecular flexibility index (Phi) is 12.1. The van der Waals surface area contributed by atoms with Crippen molar-refractivity contribution in [3.8, 4) is 0 Å². The van der Waals surface area contributed by atoms with Crippen LogP contribution in [-0.4, -0.2) is 53.3 Å². The van der Waals surface area contributed by atoms with Crippen molar-refractivity contribution in [3.05, 3.63) is 12.2 Å². The minimum Gasteiger partial charge on any atom is -0.466 e. The Hall–Kier alpha value is -1.30. The van der Waals surface area contributed by atoms with Gasteiger partial charge in [0.1, 0.15) is 0 Å². The molecule has 6 heteroatoms. The largest absolute Gasteiger partial charge is 0.466 e. The average molecular weight is 384 g/mol. The van der Waals surface area contributed by atoms with Crippen LogP contribution in [0.4, 0.5) is 0 Å². The summed E-state index contributed by atoms with van der Waals surface area (Å²) in [4.78, 5) is 37.1. The molecule has 148 valence electrons. The third-order valence-corrected chi connectivity index (χ3v) is 5.41. The third-order valence-electron chi connectivity index (χ3n) is 4.36. The summed E-state index contributed by atoms with van der Waals surface area (Å²) in [5.41, 5.74) is 0. The van der Waals surface area contributed by atoms with E-state index in [1.807, 2.05) is 17.9 Å². The number of hydrogen-bond acceptors (Lipinski definition) is 5. The van der Waals surface area contributed by atoms with Crippen LogP contribution in [0.1, 0.15) is 65.2 Å². The Balaban J connectivity index is 2.25.